The summed E-state index contributed by atoms with van der Waals surface area (Å²) >= 11 is 0. The highest BCUT2D eigenvalue weighted by Gasteiger charge is 2.33. The molecule has 0 aliphatic rings. The van der Waals surface area contributed by atoms with E-state index in [4.69, 9.17) is 0 Å². The molecule has 0 unspecified atom stereocenters. The minimum atomic E-state index is -4.58. The van der Waals surface area contributed by atoms with Gasteiger partial charge in [0.15, 0.2) is 0 Å². The first-order chi connectivity index (χ1) is 9.24. The molecule has 112 valence electrons. The van der Waals surface area contributed by atoms with Gasteiger partial charge < -0.3 is 15.3 Å². The van der Waals surface area contributed by atoms with Gasteiger partial charge in [-0.25, -0.2) is 0 Å². The van der Waals surface area contributed by atoms with Crippen LogP contribution in [-0.4, -0.2) is 36.6 Å². The van der Waals surface area contributed by atoms with Crippen LogP contribution in [0.4, 0.5) is 13.2 Å². The summed E-state index contributed by atoms with van der Waals surface area (Å²) in [6, 6.07) is 3.39. The van der Waals surface area contributed by atoms with Crippen molar-refractivity contribution in [2.45, 2.75) is 19.1 Å². The van der Waals surface area contributed by atoms with Crippen LogP contribution in [0, 0.1) is 0 Å². The van der Waals surface area contributed by atoms with Gasteiger partial charge in [0.25, 0.3) is 0 Å². The Kier molecular flexibility index (Phi) is 5.38. The summed E-state index contributed by atoms with van der Waals surface area (Å²) in [6.45, 7) is 0.697. The molecule has 2 N–H and O–H groups in total. The van der Waals surface area contributed by atoms with Crippen molar-refractivity contribution in [1.29, 1.82) is 0 Å². The second kappa shape index (κ2) is 6.60. The van der Waals surface area contributed by atoms with Crippen molar-refractivity contribution >= 4 is 5.91 Å². The van der Waals surface area contributed by atoms with E-state index in [1.54, 1.807) is 11.9 Å². The van der Waals surface area contributed by atoms with Crippen LogP contribution < -0.4 is 5.32 Å². The van der Waals surface area contributed by atoms with E-state index in [2.05, 4.69) is 5.32 Å². The Morgan fingerprint density at radius 2 is 2.05 bits per heavy atom. The van der Waals surface area contributed by atoms with Gasteiger partial charge in [0, 0.05) is 26.6 Å². The minimum Gasteiger partial charge on any atom is -0.507 e. The predicted octanol–water partition coefficient (Wildman–Crippen LogP) is 1.98. The molecule has 0 bridgehead atoms. The molecule has 0 spiro atoms. The zero-order chi connectivity index (χ0) is 15.3. The number of hydrogen-bond acceptors (Lipinski definition) is 3. The zero-order valence-corrected chi connectivity index (χ0v) is 11.3. The van der Waals surface area contributed by atoms with E-state index in [9.17, 15) is 23.1 Å². The van der Waals surface area contributed by atoms with Gasteiger partial charge in [-0.15, -0.1) is 0 Å². The molecule has 0 aromatic heterocycles. The van der Waals surface area contributed by atoms with Crippen LogP contribution in [0.15, 0.2) is 18.2 Å². The summed E-state index contributed by atoms with van der Waals surface area (Å²) in [5, 5.41) is 11.7. The molecule has 0 atom stereocenters. The van der Waals surface area contributed by atoms with Crippen molar-refractivity contribution < 1.29 is 23.1 Å². The van der Waals surface area contributed by atoms with Crippen molar-refractivity contribution in [3.63, 3.8) is 0 Å². The number of amides is 1. The maximum Gasteiger partial charge on any atom is 0.419 e. The highest BCUT2D eigenvalue weighted by atomic mass is 19.4. The Morgan fingerprint density at radius 3 is 2.60 bits per heavy atom. The van der Waals surface area contributed by atoms with E-state index in [0.717, 1.165) is 12.1 Å². The van der Waals surface area contributed by atoms with Gasteiger partial charge in [-0.05, 0) is 24.7 Å². The number of phenolic OH excluding ortho intramolecular Hbond substituents is 1. The van der Waals surface area contributed by atoms with Crippen molar-refractivity contribution in [1.82, 2.24) is 10.2 Å². The molecule has 0 radical (unpaired) electrons. The molecule has 1 aromatic rings. The van der Waals surface area contributed by atoms with Gasteiger partial charge in [0.1, 0.15) is 5.75 Å². The number of nitrogens with one attached hydrogen (secondary N) is 1. The quantitative estimate of drug-likeness (QED) is 0.872. The van der Waals surface area contributed by atoms with E-state index >= 15 is 0 Å². The average molecular weight is 290 g/mol. The largest absolute Gasteiger partial charge is 0.507 e. The molecular formula is C13H17F3N2O2. The summed E-state index contributed by atoms with van der Waals surface area (Å²) in [7, 11) is 3.24. The first kappa shape index (κ1) is 16.3. The van der Waals surface area contributed by atoms with Crippen molar-refractivity contribution in [2.24, 2.45) is 0 Å². The van der Waals surface area contributed by atoms with E-state index in [-0.39, 0.29) is 18.9 Å². The number of carbonyl (C=O) groups excluding carboxylic acids is 1. The summed E-state index contributed by atoms with van der Waals surface area (Å²) in [4.78, 5) is 12.8. The van der Waals surface area contributed by atoms with E-state index in [0.29, 0.717) is 12.1 Å². The lowest BCUT2D eigenvalue weighted by atomic mass is 10.1. The molecule has 7 heteroatoms. The van der Waals surface area contributed by atoms with Crippen LogP contribution in [0.3, 0.4) is 0 Å². The third-order valence-electron chi connectivity index (χ3n) is 2.82. The number of hydrogen-bond donors (Lipinski definition) is 2. The minimum absolute atomic E-state index is 0.126. The number of nitrogens with zero attached hydrogens (tertiary/aromatic N) is 1. The molecule has 1 rings (SSSR count). The third kappa shape index (κ3) is 4.73. The Hall–Kier alpha value is -1.76. The van der Waals surface area contributed by atoms with E-state index in [1.807, 2.05) is 0 Å². The first-order valence-corrected chi connectivity index (χ1v) is 6.02. The SMILES string of the molecule is CNC(=O)CCN(C)Cc1ccc(O)c(C(F)(F)F)c1. The summed E-state index contributed by atoms with van der Waals surface area (Å²) < 4.78 is 37.9. The molecular weight excluding hydrogens is 273 g/mol. The van der Waals surface area contributed by atoms with Gasteiger partial charge in [0.2, 0.25) is 5.91 Å². The Bertz CT molecular complexity index is 475. The number of rotatable bonds is 5. The maximum absolute atomic E-state index is 12.6. The van der Waals surface area contributed by atoms with Crippen LogP contribution in [-0.2, 0) is 17.5 Å². The van der Waals surface area contributed by atoms with Crippen LogP contribution in [0.25, 0.3) is 0 Å². The van der Waals surface area contributed by atoms with Crippen LogP contribution in [0.2, 0.25) is 0 Å². The van der Waals surface area contributed by atoms with Gasteiger partial charge >= 0.3 is 6.18 Å². The molecule has 0 aliphatic heterocycles. The van der Waals surface area contributed by atoms with Crippen LogP contribution >= 0.6 is 0 Å². The number of phenols is 1. The molecule has 0 saturated heterocycles. The zero-order valence-electron chi connectivity index (χ0n) is 11.3. The molecule has 0 fully saturated rings. The van der Waals surface area contributed by atoms with E-state index < -0.39 is 17.5 Å². The fourth-order valence-electron chi connectivity index (χ4n) is 1.72. The molecule has 0 aliphatic carbocycles. The van der Waals surface area contributed by atoms with Crippen molar-refractivity contribution in [3.05, 3.63) is 29.3 Å². The molecule has 4 nitrogen and oxygen atoms in total. The summed E-state index contributed by atoms with van der Waals surface area (Å²) in [6.07, 6.45) is -4.31. The molecule has 0 saturated carbocycles. The molecule has 1 amide bonds. The van der Waals surface area contributed by atoms with Gasteiger partial charge in [0.05, 0.1) is 5.56 Å². The number of halogens is 3. The monoisotopic (exact) mass is 290 g/mol. The Balaban J connectivity index is 2.71. The Morgan fingerprint density at radius 1 is 1.40 bits per heavy atom. The highest BCUT2D eigenvalue weighted by molar-refractivity contribution is 5.75. The lowest BCUT2D eigenvalue weighted by Crippen LogP contribution is -2.26. The summed E-state index contributed by atoms with van der Waals surface area (Å²) in [5.74, 6) is -0.909. The first-order valence-electron chi connectivity index (χ1n) is 6.02. The maximum atomic E-state index is 12.6. The van der Waals surface area contributed by atoms with Crippen LogP contribution in [0.1, 0.15) is 17.5 Å². The molecule has 0 heterocycles. The second-order valence-electron chi connectivity index (χ2n) is 4.51. The summed E-state index contributed by atoms with van der Waals surface area (Å²) in [5.41, 5.74) is -0.621. The topological polar surface area (TPSA) is 52.6 Å². The normalized spacial score (nSPS) is 11.7. The lowest BCUT2D eigenvalue weighted by molar-refractivity contribution is -0.138. The average Bonchev–Trinajstić information content (AvgIpc) is 2.37. The number of aromatic hydroxyl groups is 1. The lowest BCUT2D eigenvalue weighted by Gasteiger charge is -2.17. The predicted molar refractivity (Wildman–Crippen MR) is 68.1 cm³/mol. The standard InChI is InChI=1S/C13H17F3N2O2/c1-17-12(20)5-6-18(2)8-9-3-4-11(19)10(7-9)13(14,15)16/h3-4,7,19H,5-6,8H2,1-2H3,(H,17,20). The van der Waals surface area contributed by atoms with Gasteiger partial charge in [-0.1, -0.05) is 6.07 Å². The number of alkyl halides is 3. The highest BCUT2D eigenvalue weighted by Crippen LogP contribution is 2.36. The van der Waals surface area contributed by atoms with Gasteiger partial charge in [-0.2, -0.15) is 13.2 Å². The van der Waals surface area contributed by atoms with E-state index in [1.165, 1.54) is 13.1 Å². The third-order valence-corrected chi connectivity index (χ3v) is 2.82. The molecule has 1 aromatic carbocycles. The number of benzene rings is 1. The fourth-order valence-corrected chi connectivity index (χ4v) is 1.72. The number of carbonyl (C=O) groups is 1. The van der Waals surface area contributed by atoms with Crippen LogP contribution in [0.5, 0.6) is 5.75 Å². The van der Waals surface area contributed by atoms with Crippen molar-refractivity contribution in [3.8, 4) is 5.75 Å². The Labute approximate surface area is 115 Å². The molecule has 20 heavy (non-hydrogen) atoms. The van der Waals surface area contributed by atoms with Gasteiger partial charge in [-0.3, -0.25) is 4.79 Å². The fraction of sp³-hybridized carbons (Fsp3) is 0.462. The smallest absolute Gasteiger partial charge is 0.419 e. The second-order valence-corrected chi connectivity index (χ2v) is 4.51. The van der Waals surface area contributed by atoms with Crippen molar-refractivity contribution in [2.75, 3.05) is 20.6 Å².